The van der Waals surface area contributed by atoms with Crippen molar-refractivity contribution in [3.05, 3.63) is 82.8 Å². The van der Waals surface area contributed by atoms with Gasteiger partial charge in [-0.05, 0) is 46.9 Å². The number of sulfone groups is 1. The minimum absolute atomic E-state index is 0.102. The fourth-order valence-electron chi connectivity index (χ4n) is 5.75. The second-order valence-corrected chi connectivity index (χ2v) is 13.9. The fraction of sp³-hybridized carbons (Fsp3) is 0.429. The van der Waals surface area contributed by atoms with Crippen LogP contribution >= 0.6 is 0 Å². The molecule has 9 heteroatoms. The Morgan fingerprint density at radius 3 is 2.43 bits per heavy atom. The van der Waals surface area contributed by atoms with Crippen LogP contribution in [0.2, 0.25) is 0 Å². The summed E-state index contributed by atoms with van der Waals surface area (Å²) in [4.78, 5) is 5.88. The van der Waals surface area contributed by atoms with Crippen molar-refractivity contribution in [2.24, 2.45) is 5.92 Å². The number of hydrogen-bond donors (Lipinski definition) is 0. The minimum atomic E-state index is -3.46. The van der Waals surface area contributed by atoms with Gasteiger partial charge in [0.05, 0.1) is 26.7 Å². The number of hydrogen-bond acceptors (Lipinski definition) is 7. The molecule has 196 valence electrons. The average molecular weight is 541 g/mol. The average Bonchev–Trinajstić information content (AvgIpc) is 3.47. The Balaban J connectivity index is 1.15. The van der Waals surface area contributed by atoms with E-state index in [1.165, 1.54) is 5.57 Å². The van der Waals surface area contributed by atoms with Gasteiger partial charge in [-0.2, -0.15) is 0 Å². The van der Waals surface area contributed by atoms with Crippen LogP contribution < -0.4 is 0 Å². The van der Waals surface area contributed by atoms with Crippen LogP contribution in [-0.2, 0) is 36.7 Å². The number of piperazine rings is 1. The Bertz CT molecular complexity index is 1380. The highest BCUT2D eigenvalue weighted by atomic mass is 32.2. The molecule has 0 radical (unpaired) electrons. The summed E-state index contributed by atoms with van der Waals surface area (Å²) in [5, 5.41) is -0.541. The molecule has 0 saturated carbocycles. The maximum Gasteiger partial charge on any atom is 0.230 e. The van der Waals surface area contributed by atoms with Crippen molar-refractivity contribution >= 4 is 20.6 Å². The summed E-state index contributed by atoms with van der Waals surface area (Å²) in [6, 6.07) is 14.7. The van der Waals surface area contributed by atoms with Crippen molar-refractivity contribution in [2.45, 2.75) is 34.9 Å². The molecule has 1 fully saturated rings. The number of allylic oxidation sites excluding steroid dienone is 2. The number of benzene rings is 2. The van der Waals surface area contributed by atoms with Crippen LogP contribution in [0.15, 0.2) is 81.5 Å². The molecule has 6 rings (SSSR count). The molecule has 0 spiro atoms. The highest BCUT2D eigenvalue weighted by molar-refractivity contribution is 7.94. The predicted octanol–water partition coefficient (Wildman–Crippen LogP) is 3.62. The van der Waals surface area contributed by atoms with Gasteiger partial charge in [0, 0.05) is 50.6 Å². The SMILES string of the molecule is CC1CC2=C(C=C1CN1CCN(Cc3cccc4c3C(S(=O)c3ccccc3)CS4(=O)=O)CC1)OCO2. The number of ether oxygens (including phenoxy) is 2. The lowest BCUT2D eigenvalue weighted by Gasteiger charge is -2.36. The van der Waals surface area contributed by atoms with Crippen LogP contribution in [0.25, 0.3) is 0 Å². The first-order chi connectivity index (χ1) is 17.9. The molecule has 1 saturated heterocycles. The number of nitrogens with zero attached hydrogens (tertiary/aromatic N) is 2. The summed E-state index contributed by atoms with van der Waals surface area (Å²) in [6.07, 6.45) is 3.05. The topological polar surface area (TPSA) is 76.2 Å². The van der Waals surface area contributed by atoms with Gasteiger partial charge in [-0.15, -0.1) is 0 Å². The minimum Gasteiger partial charge on any atom is -0.458 e. The van der Waals surface area contributed by atoms with Crippen molar-refractivity contribution in [1.29, 1.82) is 0 Å². The Morgan fingerprint density at radius 2 is 1.68 bits per heavy atom. The summed E-state index contributed by atoms with van der Waals surface area (Å²) in [5.41, 5.74) is 3.11. The fourth-order valence-corrected chi connectivity index (χ4v) is 9.74. The molecular weight excluding hydrogens is 508 g/mol. The summed E-state index contributed by atoms with van der Waals surface area (Å²) in [7, 11) is -4.89. The van der Waals surface area contributed by atoms with Gasteiger partial charge in [0.2, 0.25) is 6.79 Å². The van der Waals surface area contributed by atoms with Crippen molar-refractivity contribution in [1.82, 2.24) is 9.80 Å². The van der Waals surface area contributed by atoms with E-state index in [9.17, 15) is 12.6 Å². The van der Waals surface area contributed by atoms with E-state index in [1.807, 2.05) is 42.5 Å². The number of fused-ring (bicyclic) bond motifs is 1. The van der Waals surface area contributed by atoms with E-state index in [-0.39, 0.29) is 5.75 Å². The largest absolute Gasteiger partial charge is 0.458 e. The van der Waals surface area contributed by atoms with Crippen LogP contribution in [0.1, 0.15) is 29.7 Å². The van der Waals surface area contributed by atoms with Gasteiger partial charge in [-0.1, -0.05) is 37.3 Å². The van der Waals surface area contributed by atoms with Crippen LogP contribution in [0.3, 0.4) is 0 Å². The lowest BCUT2D eigenvalue weighted by atomic mass is 9.91. The van der Waals surface area contributed by atoms with Crippen molar-refractivity contribution in [2.75, 3.05) is 45.3 Å². The first-order valence-corrected chi connectivity index (χ1v) is 15.7. The van der Waals surface area contributed by atoms with Gasteiger partial charge in [-0.3, -0.25) is 14.0 Å². The summed E-state index contributed by atoms with van der Waals surface area (Å²) >= 11 is 0. The smallest absolute Gasteiger partial charge is 0.230 e. The second-order valence-electron chi connectivity index (χ2n) is 10.3. The molecule has 2 aromatic carbocycles. The maximum absolute atomic E-state index is 13.5. The maximum atomic E-state index is 13.5. The molecule has 0 N–H and O–H groups in total. The molecule has 3 heterocycles. The molecular formula is C28H32N2O5S2. The summed E-state index contributed by atoms with van der Waals surface area (Å²) in [5.74, 6) is 2.20. The molecule has 3 unspecified atom stereocenters. The van der Waals surface area contributed by atoms with Crippen molar-refractivity contribution < 1.29 is 22.1 Å². The van der Waals surface area contributed by atoms with E-state index >= 15 is 0 Å². The Labute approximate surface area is 221 Å². The third kappa shape index (κ3) is 4.90. The van der Waals surface area contributed by atoms with Crippen molar-refractivity contribution in [3.63, 3.8) is 0 Å². The van der Waals surface area contributed by atoms with Crippen molar-refractivity contribution in [3.8, 4) is 0 Å². The molecule has 3 aliphatic heterocycles. The molecule has 0 aromatic heterocycles. The summed E-state index contributed by atoms with van der Waals surface area (Å²) < 4.78 is 50.6. The zero-order chi connectivity index (χ0) is 25.6. The van der Waals surface area contributed by atoms with E-state index in [4.69, 9.17) is 9.47 Å². The van der Waals surface area contributed by atoms with Crippen LogP contribution in [-0.4, -0.2) is 67.7 Å². The standard InChI is InChI=1S/C28H32N2O5S2/c1-20-14-24-25(35-19-34-24)15-22(20)17-30-12-10-29(11-13-30)16-21-6-5-9-27-28(21)26(18-37(27,32)33)36(31)23-7-3-2-4-8-23/h2-9,15,20,26H,10-14,16-19H2,1H3. The molecule has 1 aliphatic carbocycles. The van der Waals surface area contributed by atoms with Gasteiger partial charge >= 0.3 is 0 Å². The molecule has 4 aliphatic rings. The third-order valence-electron chi connectivity index (χ3n) is 7.85. The van der Waals surface area contributed by atoms with Gasteiger partial charge in [0.1, 0.15) is 5.76 Å². The Kier molecular flexibility index (Phi) is 6.73. The Hall–Kier alpha value is -2.46. The highest BCUT2D eigenvalue weighted by Gasteiger charge is 2.40. The highest BCUT2D eigenvalue weighted by Crippen LogP contribution is 2.41. The van der Waals surface area contributed by atoms with Crippen LogP contribution in [0, 0.1) is 5.92 Å². The second kappa shape index (κ2) is 10.0. The van der Waals surface area contributed by atoms with E-state index in [0.717, 1.165) is 61.8 Å². The normalized spacial score (nSPS) is 26.1. The van der Waals surface area contributed by atoms with Crippen LogP contribution in [0.4, 0.5) is 0 Å². The Morgan fingerprint density at radius 1 is 0.946 bits per heavy atom. The lowest BCUT2D eigenvalue weighted by molar-refractivity contribution is 0.0719. The molecule has 3 atom stereocenters. The zero-order valence-corrected chi connectivity index (χ0v) is 22.6. The number of rotatable bonds is 6. The molecule has 2 aromatic rings. The quantitative estimate of drug-likeness (QED) is 0.554. The van der Waals surface area contributed by atoms with Gasteiger partial charge in [-0.25, -0.2) is 8.42 Å². The predicted molar refractivity (Wildman–Crippen MR) is 142 cm³/mol. The summed E-state index contributed by atoms with van der Waals surface area (Å²) in [6.45, 7) is 7.84. The first kappa shape index (κ1) is 24.9. The lowest BCUT2D eigenvalue weighted by Crippen LogP contribution is -2.46. The molecule has 0 bridgehead atoms. The first-order valence-electron chi connectivity index (χ1n) is 12.8. The molecule has 0 amide bonds. The van der Waals surface area contributed by atoms with Gasteiger partial charge < -0.3 is 9.47 Å². The van der Waals surface area contributed by atoms with E-state index in [1.54, 1.807) is 6.07 Å². The van der Waals surface area contributed by atoms with E-state index in [0.29, 0.717) is 29.0 Å². The zero-order valence-electron chi connectivity index (χ0n) is 21.0. The van der Waals surface area contributed by atoms with Crippen LogP contribution in [0.5, 0.6) is 0 Å². The van der Waals surface area contributed by atoms with E-state index < -0.39 is 25.9 Å². The van der Waals surface area contributed by atoms with Gasteiger partial charge in [0.25, 0.3) is 0 Å². The molecule has 7 nitrogen and oxygen atoms in total. The van der Waals surface area contributed by atoms with Gasteiger partial charge in [0.15, 0.2) is 15.6 Å². The third-order valence-corrected chi connectivity index (χ3v) is 11.5. The molecule has 37 heavy (non-hydrogen) atoms. The van der Waals surface area contributed by atoms with E-state index in [2.05, 4.69) is 22.8 Å². The monoisotopic (exact) mass is 540 g/mol.